The largest absolute Gasteiger partial charge is 0.462 e. The third-order valence-corrected chi connectivity index (χ3v) is 3.60. The minimum atomic E-state index is -0.113. The van der Waals surface area contributed by atoms with Gasteiger partial charge >= 0.3 is 5.97 Å². The van der Waals surface area contributed by atoms with Crippen LogP contribution < -0.4 is 0 Å². The lowest BCUT2D eigenvalue weighted by Crippen LogP contribution is -2.31. The molecule has 1 unspecified atom stereocenters. The molecule has 2 aliphatic rings. The standard InChI is InChI=1S/C11H18O2/c1-8(9-4-3-5-9)13-10(12)11(2)6-7-11/h8-9H,3-7H2,1-2H3. The molecule has 2 nitrogen and oxygen atoms in total. The monoisotopic (exact) mass is 182 g/mol. The summed E-state index contributed by atoms with van der Waals surface area (Å²) in [6.07, 6.45) is 5.98. The zero-order valence-electron chi connectivity index (χ0n) is 8.51. The van der Waals surface area contributed by atoms with Crippen LogP contribution in [0.3, 0.4) is 0 Å². The lowest BCUT2D eigenvalue weighted by atomic mass is 9.82. The molecule has 74 valence electrons. The summed E-state index contributed by atoms with van der Waals surface area (Å²) >= 11 is 0. The van der Waals surface area contributed by atoms with Crippen molar-refractivity contribution in [2.45, 2.75) is 52.1 Å². The van der Waals surface area contributed by atoms with Gasteiger partial charge in [-0.25, -0.2) is 0 Å². The maximum Gasteiger partial charge on any atom is 0.312 e. The Morgan fingerprint density at radius 2 is 2.08 bits per heavy atom. The summed E-state index contributed by atoms with van der Waals surface area (Å²) in [4.78, 5) is 11.6. The highest BCUT2D eigenvalue weighted by atomic mass is 16.5. The molecule has 0 aromatic carbocycles. The zero-order valence-corrected chi connectivity index (χ0v) is 8.51. The van der Waals surface area contributed by atoms with Crippen molar-refractivity contribution in [3.63, 3.8) is 0 Å². The fourth-order valence-corrected chi connectivity index (χ4v) is 1.71. The summed E-state index contributed by atoms with van der Waals surface area (Å²) in [5.74, 6) is 0.679. The topological polar surface area (TPSA) is 26.3 Å². The van der Waals surface area contributed by atoms with E-state index in [0.717, 1.165) is 12.8 Å². The highest BCUT2D eigenvalue weighted by Crippen LogP contribution is 2.46. The predicted octanol–water partition coefficient (Wildman–Crippen LogP) is 2.52. The number of esters is 1. The van der Waals surface area contributed by atoms with Crippen molar-refractivity contribution in [3.8, 4) is 0 Å². The number of carbonyl (C=O) groups is 1. The molecule has 2 aliphatic carbocycles. The van der Waals surface area contributed by atoms with Crippen molar-refractivity contribution in [3.05, 3.63) is 0 Å². The van der Waals surface area contributed by atoms with E-state index in [-0.39, 0.29) is 17.5 Å². The molecule has 2 fully saturated rings. The number of hydrogen-bond donors (Lipinski definition) is 0. The van der Waals surface area contributed by atoms with Crippen LogP contribution in [0.2, 0.25) is 0 Å². The van der Waals surface area contributed by atoms with Crippen LogP contribution in [0.4, 0.5) is 0 Å². The molecule has 0 aromatic rings. The van der Waals surface area contributed by atoms with Gasteiger partial charge in [-0.05, 0) is 45.4 Å². The fourth-order valence-electron chi connectivity index (χ4n) is 1.71. The highest BCUT2D eigenvalue weighted by Gasteiger charge is 2.47. The molecule has 0 N–H and O–H groups in total. The highest BCUT2D eigenvalue weighted by molar-refractivity contribution is 5.79. The van der Waals surface area contributed by atoms with Gasteiger partial charge in [0.1, 0.15) is 6.10 Å². The van der Waals surface area contributed by atoms with E-state index in [0.29, 0.717) is 5.92 Å². The van der Waals surface area contributed by atoms with Gasteiger partial charge in [-0.1, -0.05) is 6.42 Å². The molecule has 0 amide bonds. The smallest absolute Gasteiger partial charge is 0.312 e. The molecule has 0 heterocycles. The first kappa shape index (κ1) is 9.04. The second-order valence-electron chi connectivity index (χ2n) is 4.86. The minimum absolute atomic E-state index is 0.0342. The first-order chi connectivity index (χ1) is 6.12. The number of rotatable bonds is 3. The first-order valence-corrected chi connectivity index (χ1v) is 5.33. The Morgan fingerprint density at radius 1 is 1.46 bits per heavy atom. The van der Waals surface area contributed by atoms with Crippen LogP contribution in [0.15, 0.2) is 0 Å². The Morgan fingerprint density at radius 3 is 2.46 bits per heavy atom. The molecular formula is C11H18O2. The zero-order chi connectivity index (χ0) is 9.47. The van der Waals surface area contributed by atoms with Crippen LogP contribution >= 0.6 is 0 Å². The summed E-state index contributed by atoms with van der Waals surface area (Å²) in [6, 6.07) is 0. The molecule has 0 aromatic heterocycles. The van der Waals surface area contributed by atoms with Crippen LogP contribution in [-0.2, 0) is 9.53 Å². The predicted molar refractivity (Wildman–Crippen MR) is 50.2 cm³/mol. The minimum Gasteiger partial charge on any atom is -0.462 e. The van der Waals surface area contributed by atoms with E-state index in [2.05, 4.69) is 0 Å². The van der Waals surface area contributed by atoms with Crippen LogP contribution in [0.25, 0.3) is 0 Å². The summed E-state index contributed by atoms with van der Waals surface area (Å²) in [7, 11) is 0. The number of ether oxygens (including phenoxy) is 1. The van der Waals surface area contributed by atoms with Crippen LogP contribution in [0.5, 0.6) is 0 Å². The van der Waals surface area contributed by atoms with E-state index in [4.69, 9.17) is 4.74 Å². The van der Waals surface area contributed by atoms with Gasteiger partial charge in [0.2, 0.25) is 0 Å². The summed E-state index contributed by atoms with van der Waals surface area (Å²) in [5.41, 5.74) is -0.113. The van der Waals surface area contributed by atoms with Crippen LogP contribution in [-0.4, -0.2) is 12.1 Å². The molecule has 2 rings (SSSR count). The fraction of sp³-hybridized carbons (Fsp3) is 0.909. The molecule has 1 atom stereocenters. The summed E-state index contributed by atoms with van der Waals surface area (Å²) in [6.45, 7) is 4.04. The Bertz CT molecular complexity index is 214. The molecule has 13 heavy (non-hydrogen) atoms. The molecule has 2 heteroatoms. The molecule has 0 spiro atoms. The van der Waals surface area contributed by atoms with E-state index in [9.17, 15) is 4.79 Å². The van der Waals surface area contributed by atoms with E-state index >= 15 is 0 Å². The van der Waals surface area contributed by atoms with Gasteiger partial charge in [-0.3, -0.25) is 4.79 Å². The van der Waals surface area contributed by atoms with Gasteiger partial charge in [0, 0.05) is 0 Å². The quantitative estimate of drug-likeness (QED) is 0.627. The van der Waals surface area contributed by atoms with Crippen LogP contribution in [0, 0.1) is 11.3 Å². The van der Waals surface area contributed by atoms with E-state index in [1.807, 2.05) is 13.8 Å². The van der Waals surface area contributed by atoms with E-state index in [1.54, 1.807) is 0 Å². The van der Waals surface area contributed by atoms with E-state index < -0.39 is 0 Å². The third kappa shape index (κ3) is 1.72. The van der Waals surface area contributed by atoms with Crippen molar-refractivity contribution in [1.82, 2.24) is 0 Å². The maximum absolute atomic E-state index is 11.6. The molecule has 0 aliphatic heterocycles. The van der Waals surface area contributed by atoms with Crippen molar-refractivity contribution < 1.29 is 9.53 Å². The first-order valence-electron chi connectivity index (χ1n) is 5.33. The van der Waals surface area contributed by atoms with Crippen molar-refractivity contribution in [2.75, 3.05) is 0 Å². The summed E-state index contributed by atoms with van der Waals surface area (Å²) < 4.78 is 5.44. The lowest BCUT2D eigenvalue weighted by Gasteiger charge is -2.31. The molecule has 2 saturated carbocycles. The van der Waals surface area contributed by atoms with Gasteiger partial charge in [-0.2, -0.15) is 0 Å². The van der Waals surface area contributed by atoms with Crippen molar-refractivity contribution in [2.24, 2.45) is 11.3 Å². The Kier molecular flexibility index (Phi) is 2.09. The van der Waals surface area contributed by atoms with Gasteiger partial charge < -0.3 is 4.74 Å². The second kappa shape index (κ2) is 3.00. The van der Waals surface area contributed by atoms with Gasteiger partial charge in [0.25, 0.3) is 0 Å². The van der Waals surface area contributed by atoms with Crippen LogP contribution in [0.1, 0.15) is 46.0 Å². The molecule has 0 saturated heterocycles. The third-order valence-electron chi connectivity index (χ3n) is 3.60. The Labute approximate surface area is 79.7 Å². The Balaban J connectivity index is 1.79. The summed E-state index contributed by atoms with van der Waals surface area (Å²) in [5, 5.41) is 0. The van der Waals surface area contributed by atoms with E-state index in [1.165, 1.54) is 19.3 Å². The Hall–Kier alpha value is -0.530. The second-order valence-corrected chi connectivity index (χ2v) is 4.86. The lowest BCUT2D eigenvalue weighted by molar-refractivity contribution is -0.158. The van der Waals surface area contributed by atoms with Gasteiger partial charge in [0.05, 0.1) is 5.41 Å². The molecule has 0 radical (unpaired) electrons. The number of hydrogen-bond acceptors (Lipinski definition) is 2. The average molecular weight is 182 g/mol. The van der Waals surface area contributed by atoms with Gasteiger partial charge in [-0.15, -0.1) is 0 Å². The molecule has 0 bridgehead atoms. The van der Waals surface area contributed by atoms with Gasteiger partial charge in [0.15, 0.2) is 0 Å². The SMILES string of the molecule is CC(OC(=O)C1(C)CC1)C1CCC1. The molecular weight excluding hydrogens is 164 g/mol. The number of carbonyl (C=O) groups excluding carboxylic acids is 1. The normalized spacial score (nSPS) is 27.5. The van der Waals surface area contributed by atoms with Crippen molar-refractivity contribution >= 4 is 5.97 Å². The average Bonchev–Trinajstić information content (AvgIpc) is 2.64. The maximum atomic E-state index is 11.6. The van der Waals surface area contributed by atoms with Crippen molar-refractivity contribution in [1.29, 1.82) is 0 Å².